The van der Waals surface area contributed by atoms with Gasteiger partial charge in [-0.15, -0.1) is 0 Å². The Balaban J connectivity index is 1.77. The van der Waals surface area contributed by atoms with Gasteiger partial charge in [0.05, 0.1) is 0 Å². The summed E-state index contributed by atoms with van der Waals surface area (Å²) in [6.07, 6.45) is 4.11. The molecule has 1 aromatic carbocycles. The van der Waals surface area contributed by atoms with E-state index in [1.165, 1.54) is 24.8 Å². The van der Waals surface area contributed by atoms with Gasteiger partial charge in [-0.25, -0.2) is 0 Å². The first-order chi connectivity index (χ1) is 7.34. The van der Waals surface area contributed by atoms with Crippen molar-refractivity contribution in [2.75, 3.05) is 6.54 Å². The zero-order chi connectivity index (χ0) is 10.3. The fourth-order valence-electron chi connectivity index (χ4n) is 2.49. The quantitative estimate of drug-likeness (QED) is 0.780. The normalized spacial score (nSPS) is 20.3. The van der Waals surface area contributed by atoms with E-state index >= 15 is 0 Å². The van der Waals surface area contributed by atoms with E-state index in [0.717, 1.165) is 30.4 Å². The van der Waals surface area contributed by atoms with Crippen LogP contribution in [0.2, 0.25) is 0 Å². The molecule has 1 aliphatic heterocycles. The summed E-state index contributed by atoms with van der Waals surface area (Å²) in [5.41, 5.74) is 2.46. The largest absolute Gasteiger partial charge is 0.352 e. The smallest absolute Gasteiger partial charge is 0.128 e. The van der Waals surface area contributed by atoms with Gasteiger partial charge in [0.1, 0.15) is 5.84 Å². The Morgan fingerprint density at radius 2 is 2.07 bits per heavy atom. The van der Waals surface area contributed by atoms with Gasteiger partial charge in [-0.3, -0.25) is 5.41 Å². The minimum atomic E-state index is 0.734. The van der Waals surface area contributed by atoms with Crippen molar-refractivity contribution in [3.8, 4) is 0 Å². The van der Waals surface area contributed by atoms with Crippen LogP contribution < -0.4 is 0 Å². The Morgan fingerprint density at radius 1 is 1.27 bits per heavy atom. The summed E-state index contributed by atoms with van der Waals surface area (Å²) >= 11 is 0. The molecule has 0 radical (unpaired) electrons. The molecule has 0 bridgehead atoms. The van der Waals surface area contributed by atoms with E-state index < -0.39 is 0 Å². The van der Waals surface area contributed by atoms with Crippen molar-refractivity contribution in [2.24, 2.45) is 5.92 Å². The topological polar surface area (TPSA) is 27.1 Å². The van der Waals surface area contributed by atoms with Crippen LogP contribution in [0.15, 0.2) is 24.3 Å². The van der Waals surface area contributed by atoms with Crippen LogP contribution in [0.5, 0.6) is 0 Å². The number of nitrogens with zero attached hydrogens (tertiary/aromatic N) is 1. The molecule has 2 nitrogen and oxygen atoms in total. The van der Waals surface area contributed by atoms with Crippen molar-refractivity contribution in [1.82, 2.24) is 4.90 Å². The maximum Gasteiger partial charge on any atom is 0.128 e. The monoisotopic (exact) mass is 200 g/mol. The van der Waals surface area contributed by atoms with Crippen molar-refractivity contribution in [3.05, 3.63) is 35.4 Å². The highest BCUT2D eigenvalue weighted by atomic mass is 15.2. The number of amidine groups is 1. The molecule has 0 amide bonds. The lowest BCUT2D eigenvalue weighted by atomic mass is 9.85. The van der Waals surface area contributed by atoms with Crippen molar-refractivity contribution in [2.45, 2.75) is 25.8 Å². The Morgan fingerprint density at radius 3 is 2.73 bits per heavy atom. The van der Waals surface area contributed by atoms with Gasteiger partial charge < -0.3 is 4.90 Å². The second-order valence-corrected chi connectivity index (χ2v) is 4.68. The number of hydrogen-bond donors (Lipinski definition) is 1. The molecule has 1 aromatic rings. The molecule has 0 aromatic heterocycles. The third kappa shape index (κ3) is 1.44. The van der Waals surface area contributed by atoms with Crippen molar-refractivity contribution < 1.29 is 0 Å². The fraction of sp³-hybridized carbons (Fsp3) is 0.462. The van der Waals surface area contributed by atoms with E-state index in [4.69, 9.17) is 5.41 Å². The van der Waals surface area contributed by atoms with Gasteiger partial charge in [0.15, 0.2) is 0 Å². The second-order valence-electron chi connectivity index (χ2n) is 4.68. The SMILES string of the molecule is N=C1c2ccccc2CN1CC1CCC1. The van der Waals surface area contributed by atoms with Crippen LogP contribution in [-0.4, -0.2) is 17.3 Å². The Bertz CT molecular complexity index is 393. The van der Waals surface area contributed by atoms with Crippen LogP contribution in [0.4, 0.5) is 0 Å². The number of benzene rings is 1. The number of fused-ring (bicyclic) bond motifs is 1. The lowest BCUT2D eigenvalue weighted by molar-refractivity contribution is 0.240. The van der Waals surface area contributed by atoms with Crippen LogP contribution in [0, 0.1) is 11.3 Å². The third-order valence-electron chi connectivity index (χ3n) is 3.65. The van der Waals surface area contributed by atoms with E-state index in [9.17, 15) is 0 Å². The molecule has 1 heterocycles. The molecule has 0 unspecified atom stereocenters. The predicted octanol–water partition coefficient (Wildman–Crippen LogP) is 2.63. The standard InChI is InChI=1S/C13H16N2/c14-13-12-7-2-1-6-11(12)9-15(13)8-10-4-3-5-10/h1-2,6-7,10,14H,3-5,8-9H2. The van der Waals surface area contributed by atoms with E-state index in [0.29, 0.717) is 0 Å². The molecule has 15 heavy (non-hydrogen) atoms. The van der Waals surface area contributed by atoms with Crippen molar-refractivity contribution >= 4 is 5.84 Å². The summed E-state index contributed by atoms with van der Waals surface area (Å²) in [6.45, 7) is 2.04. The van der Waals surface area contributed by atoms with Crippen LogP contribution in [-0.2, 0) is 6.54 Å². The van der Waals surface area contributed by atoms with Gasteiger partial charge in [-0.05, 0) is 24.3 Å². The van der Waals surface area contributed by atoms with Crippen molar-refractivity contribution in [1.29, 1.82) is 5.41 Å². The number of hydrogen-bond acceptors (Lipinski definition) is 1. The first-order valence-corrected chi connectivity index (χ1v) is 5.76. The highest BCUT2D eigenvalue weighted by molar-refractivity contribution is 6.00. The van der Waals surface area contributed by atoms with Crippen molar-refractivity contribution in [3.63, 3.8) is 0 Å². The molecular formula is C13H16N2. The van der Waals surface area contributed by atoms with Crippen LogP contribution in [0.1, 0.15) is 30.4 Å². The molecule has 0 saturated heterocycles. The fourth-order valence-corrected chi connectivity index (χ4v) is 2.49. The van der Waals surface area contributed by atoms with E-state index in [1.807, 2.05) is 6.07 Å². The zero-order valence-electron chi connectivity index (χ0n) is 8.87. The van der Waals surface area contributed by atoms with E-state index in [-0.39, 0.29) is 0 Å². The van der Waals surface area contributed by atoms with Crippen LogP contribution in [0.25, 0.3) is 0 Å². The average molecular weight is 200 g/mol. The van der Waals surface area contributed by atoms with E-state index in [1.54, 1.807) is 0 Å². The van der Waals surface area contributed by atoms with Gasteiger partial charge in [-0.1, -0.05) is 30.7 Å². The van der Waals surface area contributed by atoms with Gasteiger partial charge >= 0.3 is 0 Å². The minimum absolute atomic E-state index is 0.734. The molecule has 0 spiro atoms. The summed E-state index contributed by atoms with van der Waals surface area (Å²) in [7, 11) is 0. The molecule has 1 fully saturated rings. The first-order valence-electron chi connectivity index (χ1n) is 5.76. The molecule has 0 atom stereocenters. The maximum absolute atomic E-state index is 8.11. The molecule has 78 valence electrons. The lowest BCUT2D eigenvalue weighted by Crippen LogP contribution is -2.32. The summed E-state index contributed by atoms with van der Waals surface area (Å²) in [5.74, 6) is 1.58. The Hall–Kier alpha value is -1.31. The average Bonchev–Trinajstić information content (AvgIpc) is 2.51. The highest BCUT2D eigenvalue weighted by Crippen LogP contribution is 2.30. The molecule has 1 saturated carbocycles. The lowest BCUT2D eigenvalue weighted by Gasteiger charge is -2.30. The van der Waals surface area contributed by atoms with Gasteiger partial charge in [0.2, 0.25) is 0 Å². The number of nitrogens with one attached hydrogen (secondary N) is 1. The summed E-state index contributed by atoms with van der Waals surface area (Å²) < 4.78 is 0. The maximum atomic E-state index is 8.11. The summed E-state index contributed by atoms with van der Waals surface area (Å²) in [6, 6.07) is 8.31. The van der Waals surface area contributed by atoms with E-state index in [2.05, 4.69) is 23.1 Å². The second kappa shape index (κ2) is 3.37. The Labute approximate surface area is 90.4 Å². The van der Waals surface area contributed by atoms with Crippen LogP contribution >= 0.6 is 0 Å². The van der Waals surface area contributed by atoms with Gasteiger partial charge in [0, 0.05) is 18.7 Å². The molecular weight excluding hydrogens is 184 g/mol. The summed E-state index contributed by atoms with van der Waals surface area (Å²) in [5, 5.41) is 8.11. The minimum Gasteiger partial charge on any atom is -0.352 e. The molecule has 1 aliphatic carbocycles. The molecule has 3 rings (SSSR count). The zero-order valence-corrected chi connectivity index (χ0v) is 8.87. The highest BCUT2D eigenvalue weighted by Gasteiger charge is 2.27. The molecule has 1 N–H and O–H groups in total. The van der Waals surface area contributed by atoms with Gasteiger partial charge in [-0.2, -0.15) is 0 Å². The predicted molar refractivity (Wildman–Crippen MR) is 61.0 cm³/mol. The number of rotatable bonds is 2. The van der Waals surface area contributed by atoms with Gasteiger partial charge in [0.25, 0.3) is 0 Å². The summed E-state index contributed by atoms with van der Waals surface area (Å²) in [4.78, 5) is 2.23. The first kappa shape index (κ1) is 8.96. The Kier molecular flexibility index (Phi) is 2.01. The third-order valence-corrected chi connectivity index (χ3v) is 3.65. The molecule has 2 heteroatoms. The van der Waals surface area contributed by atoms with Crippen LogP contribution in [0.3, 0.4) is 0 Å². The molecule has 2 aliphatic rings.